The predicted octanol–water partition coefficient (Wildman–Crippen LogP) is 6.34. The molecular weight excluding hydrogens is 490 g/mol. The number of ether oxygens (including phenoxy) is 1. The molecule has 10 heteroatoms. The molecule has 0 atom stereocenters. The van der Waals surface area contributed by atoms with Crippen LogP contribution in [0.5, 0.6) is 5.75 Å². The average Bonchev–Trinajstić information content (AvgIpc) is 3.26. The van der Waals surface area contributed by atoms with Crippen molar-refractivity contribution in [1.82, 2.24) is 9.47 Å². The molecule has 0 unspecified atom stereocenters. The van der Waals surface area contributed by atoms with Gasteiger partial charge in [-0.3, -0.25) is 4.79 Å². The molecule has 0 fully saturated rings. The fraction of sp³-hybridized carbons (Fsp3) is 0.185. The van der Waals surface area contributed by atoms with Gasteiger partial charge in [0.1, 0.15) is 11.6 Å². The standard InChI is InChI=1S/C27H23F4N3O3/c1-3-33(4-2)27(36)37-24-9-8-23-18(10-11-34(23)15-16-6-5-7-17(28)12-16)25(24)32-26(35)19-13-21(30)22(31)14-20(19)29/h5-14H,3-4,15H2,1-2H3,(H,32,35). The molecule has 0 aliphatic heterocycles. The molecule has 37 heavy (non-hydrogen) atoms. The molecule has 4 aromatic rings. The van der Waals surface area contributed by atoms with Crippen molar-refractivity contribution in [2.75, 3.05) is 18.4 Å². The lowest BCUT2D eigenvalue weighted by Gasteiger charge is -2.20. The van der Waals surface area contributed by atoms with Crippen molar-refractivity contribution in [3.05, 3.63) is 95.2 Å². The van der Waals surface area contributed by atoms with E-state index in [9.17, 15) is 27.2 Å². The van der Waals surface area contributed by atoms with Crippen molar-refractivity contribution in [2.45, 2.75) is 20.4 Å². The number of nitrogens with zero attached hydrogens (tertiary/aromatic N) is 2. The van der Waals surface area contributed by atoms with E-state index in [1.807, 2.05) is 0 Å². The molecule has 1 heterocycles. The van der Waals surface area contributed by atoms with Gasteiger partial charge in [0.25, 0.3) is 5.91 Å². The third-order valence-corrected chi connectivity index (χ3v) is 5.87. The molecule has 0 aliphatic rings. The first-order chi connectivity index (χ1) is 17.7. The SMILES string of the molecule is CCN(CC)C(=O)Oc1ccc2c(ccn2Cc2cccc(F)c2)c1NC(=O)c1cc(F)c(F)cc1F. The smallest absolute Gasteiger partial charge is 0.408 e. The van der Waals surface area contributed by atoms with Crippen molar-refractivity contribution in [3.8, 4) is 5.75 Å². The van der Waals surface area contributed by atoms with Crippen molar-refractivity contribution < 1.29 is 31.9 Å². The van der Waals surface area contributed by atoms with Crippen molar-refractivity contribution in [3.63, 3.8) is 0 Å². The fourth-order valence-electron chi connectivity index (χ4n) is 3.95. The minimum absolute atomic E-state index is 0.0238. The van der Waals surface area contributed by atoms with Gasteiger partial charge in [0.15, 0.2) is 17.4 Å². The average molecular weight is 513 g/mol. The van der Waals surface area contributed by atoms with E-state index < -0.39 is 35.0 Å². The predicted molar refractivity (Wildman–Crippen MR) is 131 cm³/mol. The number of fused-ring (bicyclic) bond motifs is 1. The second-order valence-electron chi connectivity index (χ2n) is 8.19. The Balaban J connectivity index is 1.77. The quantitative estimate of drug-likeness (QED) is 0.232. The molecular formula is C27H23F4N3O3. The molecule has 0 spiro atoms. The van der Waals surface area contributed by atoms with Gasteiger partial charge in [0, 0.05) is 37.3 Å². The number of aromatic nitrogens is 1. The van der Waals surface area contributed by atoms with Gasteiger partial charge in [0.05, 0.1) is 16.8 Å². The van der Waals surface area contributed by atoms with E-state index in [-0.39, 0.29) is 23.3 Å². The molecule has 0 bridgehead atoms. The van der Waals surface area contributed by atoms with Gasteiger partial charge < -0.3 is 19.5 Å². The maximum Gasteiger partial charge on any atom is 0.415 e. The third kappa shape index (κ3) is 5.42. The maximum absolute atomic E-state index is 14.3. The number of benzene rings is 3. The first-order valence-corrected chi connectivity index (χ1v) is 11.5. The van der Waals surface area contributed by atoms with Crippen molar-refractivity contribution in [2.24, 2.45) is 0 Å². The van der Waals surface area contributed by atoms with E-state index in [2.05, 4.69) is 5.32 Å². The third-order valence-electron chi connectivity index (χ3n) is 5.87. The number of hydrogen-bond donors (Lipinski definition) is 1. The van der Waals surface area contributed by atoms with E-state index in [0.29, 0.717) is 42.2 Å². The number of hydrogen-bond acceptors (Lipinski definition) is 3. The van der Waals surface area contributed by atoms with Gasteiger partial charge in [0.2, 0.25) is 0 Å². The van der Waals surface area contributed by atoms with Gasteiger partial charge in [-0.25, -0.2) is 22.4 Å². The number of rotatable bonds is 7. The minimum Gasteiger partial charge on any atom is -0.408 e. The first-order valence-electron chi connectivity index (χ1n) is 11.5. The molecule has 3 aromatic carbocycles. The Morgan fingerprint density at radius 2 is 1.65 bits per heavy atom. The molecule has 192 valence electrons. The highest BCUT2D eigenvalue weighted by Gasteiger charge is 2.22. The summed E-state index contributed by atoms with van der Waals surface area (Å²) in [6.45, 7) is 4.60. The summed E-state index contributed by atoms with van der Waals surface area (Å²) in [7, 11) is 0. The Hall–Kier alpha value is -4.34. The van der Waals surface area contributed by atoms with E-state index in [0.717, 1.165) is 0 Å². The van der Waals surface area contributed by atoms with Gasteiger partial charge in [-0.15, -0.1) is 0 Å². The van der Waals surface area contributed by atoms with Crippen LogP contribution in [-0.2, 0) is 6.54 Å². The largest absolute Gasteiger partial charge is 0.415 e. The topological polar surface area (TPSA) is 63.6 Å². The summed E-state index contributed by atoms with van der Waals surface area (Å²) in [4.78, 5) is 27.0. The first kappa shape index (κ1) is 25.7. The molecule has 0 radical (unpaired) electrons. The second-order valence-corrected chi connectivity index (χ2v) is 8.19. The molecule has 0 aliphatic carbocycles. The maximum atomic E-state index is 14.3. The summed E-state index contributed by atoms with van der Waals surface area (Å²) in [6, 6.07) is 11.6. The Labute approximate surface area is 210 Å². The lowest BCUT2D eigenvalue weighted by atomic mass is 10.1. The molecule has 1 aromatic heterocycles. The molecule has 4 rings (SSSR count). The molecule has 1 N–H and O–H groups in total. The number of amides is 2. The van der Waals surface area contributed by atoms with Crippen LogP contribution < -0.4 is 10.1 Å². The minimum atomic E-state index is -1.43. The van der Waals surface area contributed by atoms with E-state index in [4.69, 9.17) is 4.74 Å². The Kier molecular flexibility index (Phi) is 7.47. The summed E-state index contributed by atoms with van der Waals surface area (Å²) < 4.78 is 62.4. The Bertz CT molecular complexity index is 1480. The van der Waals surface area contributed by atoms with Crippen LogP contribution in [0.1, 0.15) is 29.8 Å². The van der Waals surface area contributed by atoms with Gasteiger partial charge >= 0.3 is 6.09 Å². The zero-order chi connectivity index (χ0) is 26.7. The van der Waals surface area contributed by atoms with Crippen LogP contribution in [0, 0.1) is 23.3 Å². The molecule has 0 saturated heterocycles. The zero-order valence-electron chi connectivity index (χ0n) is 20.0. The second kappa shape index (κ2) is 10.7. The normalized spacial score (nSPS) is 11.0. The molecule has 6 nitrogen and oxygen atoms in total. The number of halogens is 4. The van der Waals surface area contributed by atoms with E-state index in [1.54, 1.807) is 48.9 Å². The highest BCUT2D eigenvalue weighted by atomic mass is 19.2. The fourth-order valence-corrected chi connectivity index (χ4v) is 3.95. The van der Waals surface area contributed by atoms with Crippen LogP contribution in [0.4, 0.5) is 28.0 Å². The van der Waals surface area contributed by atoms with Crippen LogP contribution in [-0.4, -0.2) is 34.6 Å². The van der Waals surface area contributed by atoms with E-state index >= 15 is 0 Å². The monoisotopic (exact) mass is 513 g/mol. The van der Waals surface area contributed by atoms with Crippen LogP contribution >= 0.6 is 0 Å². The lowest BCUT2D eigenvalue weighted by molar-refractivity contribution is 0.102. The lowest BCUT2D eigenvalue weighted by Crippen LogP contribution is -2.33. The highest BCUT2D eigenvalue weighted by Crippen LogP contribution is 2.35. The summed E-state index contributed by atoms with van der Waals surface area (Å²) >= 11 is 0. The number of carbonyl (C=O) groups is 2. The molecule has 0 saturated carbocycles. The zero-order valence-corrected chi connectivity index (χ0v) is 20.0. The van der Waals surface area contributed by atoms with Gasteiger partial charge in [-0.1, -0.05) is 12.1 Å². The summed E-state index contributed by atoms with van der Waals surface area (Å²) in [5.41, 5.74) is 0.582. The van der Waals surface area contributed by atoms with Crippen molar-refractivity contribution >= 4 is 28.6 Å². The number of anilines is 1. The van der Waals surface area contributed by atoms with Gasteiger partial charge in [-0.05, 0) is 55.8 Å². The Morgan fingerprint density at radius 3 is 2.35 bits per heavy atom. The van der Waals surface area contributed by atoms with Crippen LogP contribution in [0.3, 0.4) is 0 Å². The van der Waals surface area contributed by atoms with Crippen LogP contribution in [0.2, 0.25) is 0 Å². The highest BCUT2D eigenvalue weighted by molar-refractivity contribution is 6.11. The van der Waals surface area contributed by atoms with E-state index in [1.165, 1.54) is 23.1 Å². The number of carbonyl (C=O) groups excluding carboxylic acids is 2. The summed E-state index contributed by atoms with van der Waals surface area (Å²) in [5.74, 6) is -5.56. The Morgan fingerprint density at radius 1 is 0.919 bits per heavy atom. The number of nitrogens with one attached hydrogen (secondary N) is 1. The van der Waals surface area contributed by atoms with Crippen molar-refractivity contribution in [1.29, 1.82) is 0 Å². The molecule has 2 amide bonds. The summed E-state index contributed by atoms with van der Waals surface area (Å²) in [6.07, 6.45) is 1.03. The van der Waals surface area contributed by atoms with Crippen LogP contribution in [0.25, 0.3) is 10.9 Å². The van der Waals surface area contributed by atoms with Crippen LogP contribution in [0.15, 0.2) is 60.8 Å². The summed E-state index contributed by atoms with van der Waals surface area (Å²) in [5, 5.41) is 2.92. The van der Waals surface area contributed by atoms with Gasteiger partial charge in [-0.2, -0.15) is 0 Å².